The Morgan fingerprint density at radius 1 is 1.24 bits per heavy atom. The van der Waals surface area contributed by atoms with Crippen molar-refractivity contribution in [3.8, 4) is 5.75 Å². The van der Waals surface area contributed by atoms with E-state index in [0.717, 1.165) is 10.8 Å². The van der Waals surface area contributed by atoms with Gasteiger partial charge in [0.2, 0.25) is 0 Å². The summed E-state index contributed by atoms with van der Waals surface area (Å²) in [4.78, 5) is 16.4. The lowest BCUT2D eigenvalue weighted by Crippen LogP contribution is -2.33. The number of nitrogens with zero attached hydrogens (tertiary/aromatic N) is 2. The largest absolute Gasteiger partial charge is 0.492 e. The molecule has 0 aliphatic heterocycles. The minimum atomic E-state index is -4.33. The Morgan fingerprint density at radius 2 is 2.00 bits per heavy atom. The molecule has 3 rings (SSSR count). The van der Waals surface area contributed by atoms with Crippen molar-refractivity contribution in [2.75, 3.05) is 6.61 Å². The molecule has 8 heteroatoms. The van der Waals surface area contributed by atoms with E-state index < -0.39 is 18.6 Å². The number of aromatic nitrogens is 2. The van der Waals surface area contributed by atoms with Crippen molar-refractivity contribution < 1.29 is 17.9 Å². The van der Waals surface area contributed by atoms with Crippen molar-refractivity contribution in [3.63, 3.8) is 0 Å². The van der Waals surface area contributed by atoms with Crippen LogP contribution in [0.15, 0.2) is 41.5 Å². The molecule has 2 N–H and O–H groups in total. The second-order valence-corrected chi connectivity index (χ2v) is 5.85. The van der Waals surface area contributed by atoms with Crippen LogP contribution in [-0.4, -0.2) is 28.4 Å². The summed E-state index contributed by atoms with van der Waals surface area (Å²) in [6.45, 7) is -0.267. The SMILES string of the molecule is Cn1c(=O)c2cnccc2c2ccc(OCC(N)CC(F)(F)F)cc21. The van der Waals surface area contributed by atoms with Crippen molar-refractivity contribution in [1.82, 2.24) is 9.55 Å². The monoisotopic (exact) mass is 351 g/mol. The number of ether oxygens (including phenoxy) is 1. The van der Waals surface area contributed by atoms with Gasteiger partial charge in [-0.15, -0.1) is 0 Å². The summed E-state index contributed by atoms with van der Waals surface area (Å²) in [6, 6.07) is 5.63. The number of fused-ring (bicyclic) bond motifs is 3. The van der Waals surface area contributed by atoms with E-state index in [4.69, 9.17) is 10.5 Å². The normalized spacial score (nSPS) is 13.3. The van der Waals surface area contributed by atoms with Crippen LogP contribution in [0.5, 0.6) is 5.75 Å². The number of benzene rings is 1. The predicted molar refractivity (Wildman–Crippen MR) is 88.6 cm³/mol. The molecule has 132 valence electrons. The van der Waals surface area contributed by atoms with Gasteiger partial charge in [-0.05, 0) is 23.6 Å². The second kappa shape index (κ2) is 6.36. The highest BCUT2D eigenvalue weighted by Crippen LogP contribution is 2.26. The minimum Gasteiger partial charge on any atom is -0.492 e. The van der Waals surface area contributed by atoms with Crippen LogP contribution >= 0.6 is 0 Å². The van der Waals surface area contributed by atoms with Crippen molar-refractivity contribution in [1.29, 1.82) is 0 Å². The maximum atomic E-state index is 12.4. The van der Waals surface area contributed by atoms with Gasteiger partial charge in [0.1, 0.15) is 12.4 Å². The average Bonchev–Trinajstić information content (AvgIpc) is 2.56. The van der Waals surface area contributed by atoms with E-state index in [9.17, 15) is 18.0 Å². The molecule has 3 aromatic rings. The van der Waals surface area contributed by atoms with E-state index in [1.54, 1.807) is 37.5 Å². The smallest absolute Gasteiger partial charge is 0.390 e. The first kappa shape index (κ1) is 17.2. The minimum absolute atomic E-state index is 0.207. The highest BCUT2D eigenvalue weighted by atomic mass is 19.4. The maximum Gasteiger partial charge on any atom is 0.390 e. The molecule has 0 spiro atoms. The third-order valence-corrected chi connectivity index (χ3v) is 3.93. The number of pyridine rings is 2. The molecular weight excluding hydrogens is 335 g/mol. The molecule has 0 saturated heterocycles. The number of alkyl halides is 3. The van der Waals surface area contributed by atoms with E-state index in [1.807, 2.05) is 0 Å². The van der Waals surface area contributed by atoms with Crippen LogP contribution < -0.4 is 16.0 Å². The van der Waals surface area contributed by atoms with E-state index in [2.05, 4.69) is 4.98 Å². The fraction of sp³-hybridized carbons (Fsp3) is 0.294. The zero-order valence-corrected chi connectivity index (χ0v) is 13.4. The lowest BCUT2D eigenvalue weighted by atomic mass is 10.1. The van der Waals surface area contributed by atoms with Gasteiger partial charge in [0, 0.05) is 36.9 Å². The zero-order valence-electron chi connectivity index (χ0n) is 13.4. The summed E-state index contributed by atoms with van der Waals surface area (Å²) in [6.07, 6.45) is -2.33. The Hall–Kier alpha value is -2.61. The van der Waals surface area contributed by atoms with Gasteiger partial charge in [-0.3, -0.25) is 9.78 Å². The fourth-order valence-electron chi connectivity index (χ4n) is 2.76. The molecule has 1 aromatic carbocycles. The van der Waals surface area contributed by atoms with Crippen LogP contribution in [0.1, 0.15) is 6.42 Å². The molecule has 1 unspecified atom stereocenters. The fourth-order valence-corrected chi connectivity index (χ4v) is 2.76. The van der Waals surface area contributed by atoms with Crippen LogP contribution in [-0.2, 0) is 7.05 Å². The molecular formula is C17H16F3N3O2. The second-order valence-electron chi connectivity index (χ2n) is 5.85. The number of aryl methyl sites for hydroxylation is 1. The third-order valence-electron chi connectivity index (χ3n) is 3.93. The maximum absolute atomic E-state index is 12.4. The van der Waals surface area contributed by atoms with Crippen LogP contribution in [0.3, 0.4) is 0 Å². The summed E-state index contributed by atoms with van der Waals surface area (Å²) in [5.74, 6) is 0.355. The Balaban J connectivity index is 1.94. The van der Waals surface area contributed by atoms with Crippen LogP contribution in [0.25, 0.3) is 21.7 Å². The number of hydrogen-bond acceptors (Lipinski definition) is 4. The van der Waals surface area contributed by atoms with Crippen LogP contribution in [0.4, 0.5) is 13.2 Å². The number of nitrogens with two attached hydrogens (primary N) is 1. The first-order valence-corrected chi connectivity index (χ1v) is 7.58. The van der Waals surface area contributed by atoms with Gasteiger partial charge in [0.15, 0.2) is 0 Å². The van der Waals surface area contributed by atoms with Gasteiger partial charge in [-0.2, -0.15) is 13.2 Å². The number of halogens is 3. The van der Waals surface area contributed by atoms with Gasteiger partial charge in [0.25, 0.3) is 5.56 Å². The van der Waals surface area contributed by atoms with Crippen LogP contribution in [0.2, 0.25) is 0 Å². The Bertz CT molecular complexity index is 982. The summed E-state index contributed by atoms with van der Waals surface area (Å²) >= 11 is 0. The van der Waals surface area contributed by atoms with Crippen LogP contribution in [0, 0.1) is 0 Å². The van der Waals surface area contributed by atoms with Crippen molar-refractivity contribution >= 4 is 21.7 Å². The van der Waals surface area contributed by atoms with E-state index in [0.29, 0.717) is 16.7 Å². The molecule has 0 radical (unpaired) electrons. The molecule has 0 amide bonds. The first-order valence-electron chi connectivity index (χ1n) is 7.58. The molecule has 5 nitrogen and oxygen atoms in total. The molecule has 0 fully saturated rings. The molecule has 2 aromatic heterocycles. The van der Waals surface area contributed by atoms with Gasteiger partial charge in [-0.1, -0.05) is 0 Å². The average molecular weight is 351 g/mol. The lowest BCUT2D eigenvalue weighted by Gasteiger charge is -2.16. The topological polar surface area (TPSA) is 70.1 Å². The lowest BCUT2D eigenvalue weighted by molar-refractivity contribution is -0.139. The van der Waals surface area contributed by atoms with Gasteiger partial charge in [0.05, 0.1) is 17.3 Å². The van der Waals surface area contributed by atoms with E-state index in [-0.39, 0.29) is 12.2 Å². The number of rotatable bonds is 4. The Morgan fingerprint density at radius 3 is 2.72 bits per heavy atom. The van der Waals surface area contributed by atoms with Gasteiger partial charge < -0.3 is 15.0 Å². The molecule has 0 bridgehead atoms. The summed E-state index contributed by atoms with van der Waals surface area (Å²) in [5.41, 5.74) is 5.85. The quantitative estimate of drug-likeness (QED) is 0.734. The highest BCUT2D eigenvalue weighted by Gasteiger charge is 2.30. The molecule has 0 saturated carbocycles. The van der Waals surface area contributed by atoms with Crippen molar-refractivity contribution in [2.24, 2.45) is 12.8 Å². The zero-order chi connectivity index (χ0) is 18.2. The van der Waals surface area contributed by atoms with Gasteiger partial charge in [-0.25, -0.2) is 0 Å². The number of hydrogen-bond donors (Lipinski definition) is 1. The highest BCUT2D eigenvalue weighted by molar-refractivity contribution is 6.05. The third kappa shape index (κ3) is 3.58. The van der Waals surface area contributed by atoms with Gasteiger partial charge >= 0.3 is 6.18 Å². The van der Waals surface area contributed by atoms with Crippen molar-refractivity contribution in [3.05, 3.63) is 47.0 Å². The summed E-state index contributed by atoms with van der Waals surface area (Å²) in [7, 11) is 1.62. The molecule has 25 heavy (non-hydrogen) atoms. The molecule has 0 aliphatic rings. The van der Waals surface area contributed by atoms with E-state index >= 15 is 0 Å². The van der Waals surface area contributed by atoms with Crippen molar-refractivity contribution in [2.45, 2.75) is 18.6 Å². The Labute approximate surface area is 140 Å². The van der Waals surface area contributed by atoms with E-state index in [1.165, 1.54) is 10.8 Å². The Kier molecular flexibility index (Phi) is 4.38. The molecule has 2 heterocycles. The molecule has 1 atom stereocenters. The standard InChI is InChI=1S/C17H16F3N3O2/c1-23-15-6-11(25-9-10(21)7-17(18,19)20)2-3-13(15)12-4-5-22-8-14(12)16(23)24/h2-6,8,10H,7,9,21H2,1H3. The predicted octanol–water partition coefficient (Wildman–Crippen LogP) is 2.75. The first-order chi connectivity index (χ1) is 11.8. The molecule has 0 aliphatic carbocycles. The summed E-state index contributed by atoms with van der Waals surface area (Å²) in [5, 5.41) is 2.08. The summed E-state index contributed by atoms with van der Waals surface area (Å²) < 4.78 is 43.8.